The molecule has 4 heteroatoms. The van der Waals surface area contributed by atoms with Crippen LogP contribution in [0.3, 0.4) is 0 Å². The van der Waals surface area contributed by atoms with Gasteiger partial charge >= 0.3 is 0 Å². The molecule has 124 valence electrons. The van der Waals surface area contributed by atoms with Crippen LogP contribution in [0.1, 0.15) is 58.4 Å². The van der Waals surface area contributed by atoms with Crippen molar-refractivity contribution in [3.8, 4) is 0 Å². The zero-order valence-corrected chi connectivity index (χ0v) is 16.0. The molecule has 0 aliphatic heterocycles. The highest BCUT2D eigenvalue weighted by Gasteiger charge is 2.41. The molecule has 3 atom stereocenters. The fraction of sp³-hybridized carbons (Fsp3) is 0.722. The molecule has 1 fully saturated rings. The van der Waals surface area contributed by atoms with Gasteiger partial charge < -0.3 is 10.2 Å². The van der Waals surface area contributed by atoms with Gasteiger partial charge in [0.15, 0.2) is 8.32 Å². The van der Waals surface area contributed by atoms with Crippen LogP contribution in [0.2, 0.25) is 18.1 Å². The van der Waals surface area contributed by atoms with Gasteiger partial charge in [0, 0.05) is 12.3 Å². The average Bonchev–Trinajstić information content (AvgIpc) is 2.36. The standard InChI is InChI=1S/C18H32N2OSi/c1-13-9-14(16-7-8-20-12-17(16)19)11-15(10-13)21-22(5,6)18(2,3)4/h7-8,12-15H,9-11,19H2,1-6H3/t13-,14+,15-/m0/s1. The van der Waals surface area contributed by atoms with Crippen molar-refractivity contribution in [1.29, 1.82) is 0 Å². The quantitative estimate of drug-likeness (QED) is 0.801. The van der Waals surface area contributed by atoms with Crippen molar-refractivity contribution in [3.63, 3.8) is 0 Å². The van der Waals surface area contributed by atoms with Gasteiger partial charge in [-0.2, -0.15) is 0 Å². The van der Waals surface area contributed by atoms with Gasteiger partial charge in [-0.05, 0) is 60.9 Å². The molecule has 2 N–H and O–H groups in total. The van der Waals surface area contributed by atoms with E-state index in [9.17, 15) is 0 Å². The van der Waals surface area contributed by atoms with Crippen molar-refractivity contribution in [2.24, 2.45) is 5.92 Å². The summed E-state index contributed by atoms with van der Waals surface area (Å²) in [6, 6.07) is 2.08. The Morgan fingerprint density at radius 3 is 2.50 bits per heavy atom. The van der Waals surface area contributed by atoms with Crippen molar-refractivity contribution in [2.75, 3.05) is 5.73 Å². The van der Waals surface area contributed by atoms with E-state index in [0.29, 0.717) is 17.9 Å². The zero-order chi connectivity index (χ0) is 16.5. The van der Waals surface area contributed by atoms with Gasteiger partial charge in [-0.1, -0.05) is 27.7 Å². The normalized spacial score (nSPS) is 26.9. The summed E-state index contributed by atoms with van der Waals surface area (Å²) in [6.45, 7) is 14.0. The van der Waals surface area contributed by atoms with Crippen molar-refractivity contribution in [2.45, 2.75) is 77.1 Å². The molecule has 0 unspecified atom stereocenters. The number of rotatable bonds is 3. The maximum absolute atomic E-state index is 6.69. The molecule has 0 saturated heterocycles. The number of hydrogen-bond donors (Lipinski definition) is 1. The van der Waals surface area contributed by atoms with E-state index < -0.39 is 8.32 Å². The Hall–Kier alpha value is -0.873. The summed E-state index contributed by atoms with van der Waals surface area (Å²) >= 11 is 0. The predicted octanol–water partition coefficient (Wildman–Crippen LogP) is 4.96. The molecule has 1 heterocycles. The number of aromatic nitrogens is 1. The lowest BCUT2D eigenvalue weighted by atomic mass is 9.77. The van der Waals surface area contributed by atoms with Crippen molar-refractivity contribution >= 4 is 14.0 Å². The molecule has 1 aliphatic rings. The molecular formula is C18H32N2OSi. The van der Waals surface area contributed by atoms with Crippen LogP contribution in [0.15, 0.2) is 18.5 Å². The fourth-order valence-corrected chi connectivity index (χ4v) is 4.65. The minimum Gasteiger partial charge on any atom is -0.414 e. The number of nitrogens with two attached hydrogens (primary N) is 1. The first-order valence-electron chi connectivity index (χ1n) is 8.47. The second-order valence-electron chi connectivity index (χ2n) is 8.51. The molecule has 1 aliphatic carbocycles. The molecule has 3 nitrogen and oxygen atoms in total. The van der Waals surface area contributed by atoms with E-state index in [1.54, 1.807) is 6.20 Å². The third-order valence-corrected chi connectivity index (χ3v) is 10.0. The molecule has 1 saturated carbocycles. The zero-order valence-electron chi connectivity index (χ0n) is 15.0. The van der Waals surface area contributed by atoms with Gasteiger partial charge in [-0.15, -0.1) is 0 Å². The topological polar surface area (TPSA) is 48.1 Å². The summed E-state index contributed by atoms with van der Waals surface area (Å²) in [6.07, 6.45) is 7.46. The summed E-state index contributed by atoms with van der Waals surface area (Å²) < 4.78 is 6.69. The van der Waals surface area contributed by atoms with Crippen molar-refractivity contribution < 1.29 is 4.43 Å². The third kappa shape index (κ3) is 3.90. The Bertz CT molecular complexity index is 510. The lowest BCUT2D eigenvalue weighted by Gasteiger charge is -2.43. The highest BCUT2D eigenvalue weighted by Crippen LogP contribution is 2.43. The minimum absolute atomic E-state index is 0.263. The van der Waals surface area contributed by atoms with Gasteiger partial charge in [0.2, 0.25) is 0 Å². The Kier molecular flexibility index (Phi) is 5.02. The molecular weight excluding hydrogens is 288 g/mol. The highest BCUT2D eigenvalue weighted by molar-refractivity contribution is 6.74. The number of pyridine rings is 1. The first kappa shape index (κ1) is 17.5. The lowest BCUT2D eigenvalue weighted by Crippen LogP contribution is -2.45. The molecule has 2 rings (SSSR count). The molecule has 0 spiro atoms. The molecule has 1 aromatic heterocycles. The largest absolute Gasteiger partial charge is 0.414 e. The molecule has 1 aromatic rings. The molecule has 0 amide bonds. The molecule has 0 aromatic carbocycles. The number of anilines is 1. The van der Waals surface area contributed by atoms with Gasteiger partial charge in [0.1, 0.15) is 0 Å². The number of nitrogens with zero attached hydrogens (tertiary/aromatic N) is 1. The van der Waals surface area contributed by atoms with E-state index in [1.807, 2.05) is 6.20 Å². The predicted molar refractivity (Wildman–Crippen MR) is 96.5 cm³/mol. The lowest BCUT2D eigenvalue weighted by molar-refractivity contribution is 0.103. The van der Waals surface area contributed by atoms with Crippen LogP contribution >= 0.6 is 0 Å². The van der Waals surface area contributed by atoms with Crippen molar-refractivity contribution in [3.05, 3.63) is 24.0 Å². The van der Waals surface area contributed by atoms with Crippen LogP contribution in [0.4, 0.5) is 5.69 Å². The Labute approximate surface area is 136 Å². The summed E-state index contributed by atoms with van der Waals surface area (Å²) in [5.41, 5.74) is 8.23. The van der Waals surface area contributed by atoms with E-state index in [0.717, 1.165) is 12.1 Å². The summed E-state index contributed by atoms with van der Waals surface area (Å²) in [5, 5.41) is 0.263. The summed E-state index contributed by atoms with van der Waals surface area (Å²) in [4.78, 5) is 4.12. The Morgan fingerprint density at radius 1 is 1.23 bits per heavy atom. The smallest absolute Gasteiger partial charge is 0.192 e. The summed E-state index contributed by atoms with van der Waals surface area (Å²) in [7, 11) is -1.71. The molecule has 0 bridgehead atoms. The molecule has 22 heavy (non-hydrogen) atoms. The third-order valence-electron chi connectivity index (χ3n) is 5.49. The average molecular weight is 321 g/mol. The first-order chi connectivity index (χ1) is 10.1. The van der Waals surface area contributed by atoms with E-state index in [-0.39, 0.29) is 5.04 Å². The number of hydrogen-bond acceptors (Lipinski definition) is 3. The van der Waals surface area contributed by atoms with Crippen LogP contribution in [-0.4, -0.2) is 19.4 Å². The van der Waals surface area contributed by atoms with Gasteiger partial charge in [-0.3, -0.25) is 4.98 Å². The van der Waals surface area contributed by atoms with Crippen molar-refractivity contribution in [1.82, 2.24) is 4.98 Å². The van der Waals surface area contributed by atoms with Crippen LogP contribution in [0.25, 0.3) is 0 Å². The fourth-order valence-electron chi connectivity index (χ4n) is 3.27. The van der Waals surface area contributed by atoms with Crippen LogP contribution in [0.5, 0.6) is 0 Å². The van der Waals surface area contributed by atoms with E-state index in [1.165, 1.54) is 18.4 Å². The number of nitrogen functional groups attached to an aromatic ring is 1. The Morgan fingerprint density at radius 2 is 1.91 bits per heavy atom. The molecule has 0 radical (unpaired) electrons. The first-order valence-corrected chi connectivity index (χ1v) is 11.4. The second-order valence-corrected chi connectivity index (χ2v) is 13.3. The van der Waals surface area contributed by atoms with Crippen LogP contribution < -0.4 is 5.73 Å². The SMILES string of the molecule is C[C@@H]1C[C@H](O[Si](C)(C)C(C)(C)C)C[C@H](c2ccncc2N)C1. The van der Waals surface area contributed by atoms with Gasteiger partial charge in [0.05, 0.1) is 11.9 Å². The summed E-state index contributed by atoms with van der Waals surface area (Å²) in [5.74, 6) is 1.18. The van der Waals surface area contributed by atoms with Gasteiger partial charge in [0.25, 0.3) is 0 Å². The van der Waals surface area contributed by atoms with Crippen LogP contribution in [0, 0.1) is 5.92 Å². The van der Waals surface area contributed by atoms with Crippen LogP contribution in [-0.2, 0) is 4.43 Å². The highest BCUT2D eigenvalue weighted by atomic mass is 28.4. The Balaban J connectivity index is 2.14. The monoisotopic (exact) mass is 320 g/mol. The van der Waals surface area contributed by atoms with E-state index in [4.69, 9.17) is 10.2 Å². The minimum atomic E-state index is -1.71. The van der Waals surface area contributed by atoms with E-state index in [2.05, 4.69) is 51.8 Å². The van der Waals surface area contributed by atoms with Gasteiger partial charge in [-0.25, -0.2) is 0 Å². The maximum atomic E-state index is 6.69. The maximum Gasteiger partial charge on any atom is 0.192 e. The second kappa shape index (κ2) is 6.32. The van der Waals surface area contributed by atoms with E-state index >= 15 is 0 Å².